The van der Waals surface area contributed by atoms with E-state index in [1.54, 1.807) is 24.3 Å². The maximum atomic E-state index is 12.6. The van der Waals surface area contributed by atoms with Crippen molar-refractivity contribution in [2.24, 2.45) is 5.92 Å². The van der Waals surface area contributed by atoms with Crippen LogP contribution in [0.5, 0.6) is 11.5 Å². The number of non-ortho nitro benzene ring substituents is 2. The summed E-state index contributed by atoms with van der Waals surface area (Å²) in [7, 11) is 5.72. The molecule has 0 spiro atoms. The van der Waals surface area contributed by atoms with Crippen molar-refractivity contribution in [2.45, 2.75) is 6.10 Å². The lowest BCUT2D eigenvalue weighted by Crippen LogP contribution is -2.19. The zero-order valence-electron chi connectivity index (χ0n) is 20.8. The summed E-state index contributed by atoms with van der Waals surface area (Å²) < 4.78 is 26.6. The Morgan fingerprint density at radius 2 is 1.61 bits per heavy atom. The number of esters is 1. The molecule has 38 heavy (non-hydrogen) atoms. The first-order valence-electron chi connectivity index (χ1n) is 10.9. The molecule has 0 aromatic heterocycles. The maximum absolute atomic E-state index is 12.6. The zero-order chi connectivity index (χ0) is 28.0. The lowest BCUT2D eigenvalue weighted by atomic mass is 9.88. The Labute approximate surface area is 216 Å². The fourth-order valence-corrected chi connectivity index (χ4v) is 3.75. The van der Waals surface area contributed by atoms with Gasteiger partial charge in [0.15, 0.2) is 0 Å². The molecule has 1 N–H and O–H groups in total. The van der Waals surface area contributed by atoms with Crippen LogP contribution in [0.2, 0.25) is 0 Å². The highest BCUT2D eigenvalue weighted by atomic mass is 16.6. The minimum absolute atomic E-state index is 0.217. The highest BCUT2D eigenvalue weighted by Crippen LogP contribution is 2.40. The quantitative estimate of drug-likeness (QED) is 0.205. The van der Waals surface area contributed by atoms with Crippen LogP contribution >= 0.6 is 0 Å². The second kappa shape index (κ2) is 11.9. The number of nitrogens with zero attached hydrogens (tertiary/aromatic N) is 2. The van der Waals surface area contributed by atoms with Crippen molar-refractivity contribution in [1.29, 1.82) is 0 Å². The molecule has 3 rings (SSSR count). The maximum Gasteiger partial charge on any atom is 0.343 e. The number of carbonyl (C=O) groups excluding carboxylic acids is 1. The summed E-state index contributed by atoms with van der Waals surface area (Å²) in [5, 5.41) is 33.4. The van der Waals surface area contributed by atoms with E-state index in [4.69, 9.17) is 23.7 Å². The van der Waals surface area contributed by atoms with Crippen molar-refractivity contribution in [3.63, 3.8) is 0 Å². The number of methoxy groups -OCH3 is 4. The molecule has 1 aliphatic rings. The smallest absolute Gasteiger partial charge is 0.343 e. The van der Waals surface area contributed by atoms with Crippen molar-refractivity contribution in [3.05, 3.63) is 103 Å². The van der Waals surface area contributed by atoms with E-state index in [0.29, 0.717) is 17.1 Å². The highest BCUT2D eigenvalue weighted by Gasteiger charge is 2.31. The van der Waals surface area contributed by atoms with Crippen molar-refractivity contribution in [2.75, 3.05) is 28.4 Å². The van der Waals surface area contributed by atoms with E-state index < -0.39 is 44.8 Å². The van der Waals surface area contributed by atoms with Gasteiger partial charge in [0.1, 0.15) is 29.3 Å². The van der Waals surface area contributed by atoms with Gasteiger partial charge in [-0.1, -0.05) is 0 Å². The van der Waals surface area contributed by atoms with Crippen molar-refractivity contribution >= 4 is 17.3 Å². The third kappa shape index (κ3) is 5.90. The Bertz CT molecular complexity index is 1310. The third-order valence-electron chi connectivity index (χ3n) is 5.65. The first-order chi connectivity index (χ1) is 18.1. The van der Waals surface area contributed by atoms with Gasteiger partial charge in [0.05, 0.1) is 67.5 Å². The summed E-state index contributed by atoms with van der Waals surface area (Å²) in [4.78, 5) is 33.1. The summed E-state index contributed by atoms with van der Waals surface area (Å²) in [6.45, 7) is 0. The van der Waals surface area contributed by atoms with E-state index >= 15 is 0 Å². The Morgan fingerprint density at radius 1 is 0.947 bits per heavy atom. The zero-order valence-corrected chi connectivity index (χ0v) is 20.8. The van der Waals surface area contributed by atoms with Crippen molar-refractivity contribution < 1.29 is 43.4 Å². The molecule has 1 aliphatic carbocycles. The van der Waals surface area contributed by atoms with Gasteiger partial charge in [0.25, 0.3) is 11.4 Å². The normalized spacial score (nSPS) is 16.6. The second-order valence-corrected chi connectivity index (χ2v) is 7.80. The van der Waals surface area contributed by atoms with Gasteiger partial charge in [-0.3, -0.25) is 20.2 Å². The number of hydrogen-bond acceptors (Lipinski definition) is 11. The predicted molar refractivity (Wildman–Crippen MR) is 131 cm³/mol. The Morgan fingerprint density at radius 3 is 2.13 bits per heavy atom. The van der Waals surface area contributed by atoms with Gasteiger partial charge < -0.3 is 28.8 Å². The van der Waals surface area contributed by atoms with Crippen LogP contribution < -0.4 is 9.47 Å². The molecule has 0 unspecified atom stereocenters. The average Bonchev–Trinajstić information content (AvgIpc) is 2.94. The first kappa shape index (κ1) is 27.7. The van der Waals surface area contributed by atoms with E-state index in [1.807, 2.05) is 0 Å². The van der Waals surface area contributed by atoms with Crippen LogP contribution in [0.1, 0.15) is 22.0 Å². The molecule has 0 radical (unpaired) electrons. The predicted octanol–water partition coefficient (Wildman–Crippen LogP) is 3.98. The molecule has 0 amide bonds. The van der Waals surface area contributed by atoms with Gasteiger partial charge in [-0.2, -0.15) is 0 Å². The Balaban J connectivity index is 1.93. The molecular formula is C25H24N2O11. The standard InChI is InChI=1S/C25H24N2O11/c1-34-18-5-6-21(35-2)19(11-18)24(28)20-12-22(36-3)15(9-23(20)37-4)13-38-25(29)14-7-16(26(30)31)10-17(8-14)27(32)33/h5-13,20,24,28H,1-4H3/b15-13-/t20-,24+/m1/s1. The van der Waals surface area contributed by atoms with Crippen LogP contribution in [0.15, 0.2) is 71.9 Å². The van der Waals surface area contributed by atoms with Gasteiger partial charge in [-0.15, -0.1) is 0 Å². The third-order valence-corrected chi connectivity index (χ3v) is 5.65. The average molecular weight is 528 g/mol. The van der Waals surface area contributed by atoms with Crippen LogP contribution in [0.25, 0.3) is 0 Å². The molecule has 0 saturated carbocycles. The Hall–Kier alpha value is -4.91. The van der Waals surface area contributed by atoms with E-state index in [2.05, 4.69) is 0 Å². The fourth-order valence-electron chi connectivity index (χ4n) is 3.75. The fraction of sp³-hybridized carbons (Fsp3) is 0.240. The van der Waals surface area contributed by atoms with Crippen LogP contribution in [-0.4, -0.2) is 49.4 Å². The number of nitro groups is 2. The first-order valence-corrected chi connectivity index (χ1v) is 10.9. The summed E-state index contributed by atoms with van der Waals surface area (Å²) in [6.07, 6.45) is 2.89. The molecule has 2 atom stereocenters. The number of hydrogen-bond donors (Lipinski definition) is 1. The van der Waals surface area contributed by atoms with Crippen LogP contribution in [-0.2, 0) is 14.2 Å². The number of ether oxygens (including phenoxy) is 5. The molecule has 0 aliphatic heterocycles. The summed E-state index contributed by atoms with van der Waals surface area (Å²) in [5.41, 5.74) is -1.01. The highest BCUT2D eigenvalue weighted by molar-refractivity contribution is 5.91. The molecule has 2 aromatic carbocycles. The monoisotopic (exact) mass is 528 g/mol. The summed E-state index contributed by atoms with van der Waals surface area (Å²) >= 11 is 0. The Kier molecular flexibility index (Phi) is 8.65. The minimum atomic E-state index is -1.15. The molecule has 200 valence electrons. The number of benzene rings is 2. The van der Waals surface area contributed by atoms with Crippen molar-refractivity contribution in [3.8, 4) is 11.5 Å². The number of carbonyl (C=O) groups is 1. The molecule has 2 aromatic rings. The summed E-state index contributed by atoms with van der Waals surface area (Å²) in [5.74, 6) is -0.379. The lowest BCUT2D eigenvalue weighted by molar-refractivity contribution is -0.394. The largest absolute Gasteiger partial charge is 0.500 e. The van der Waals surface area contributed by atoms with Gasteiger partial charge in [0.2, 0.25) is 0 Å². The second-order valence-electron chi connectivity index (χ2n) is 7.80. The number of aliphatic hydroxyl groups excluding tert-OH is 1. The number of aliphatic hydroxyl groups is 1. The van der Waals surface area contributed by atoms with Gasteiger partial charge in [0, 0.05) is 17.7 Å². The van der Waals surface area contributed by atoms with E-state index in [-0.39, 0.29) is 17.1 Å². The van der Waals surface area contributed by atoms with Crippen LogP contribution in [0.3, 0.4) is 0 Å². The lowest BCUT2D eigenvalue weighted by Gasteiger charge is -2.28. The van der Waals surface area contributed by atoms with Gasteiger partial charge in [-0.05, 0) is 30.4 Å². The van der Waals surface area contributed by atoms with E-state index in [1.165, 1.54) is 34.5 Å². The van der Waals surface area contributed by atoms with Crippen molar-refractivity contribution in [1.82, 2.24) is 0 Å². The molecule has 0 saturated heterocycles. The SMILES string of the molecule is COC1=C[C@@H]([C@@H](O)c2cc(OC)ccc2OC)C(OC)=C/C1=C/OC(=O)c1cc([N+](=O)[O-])cc([N+](=O)[O-])c1. The number of allylic oxidation sites excluding steroid dienone is 1. The minimum Gasteiger partial charge on any atom is -0.500 e. The molecule has 13 heteroatoms. The molecule has 0 heterocycles. The van der Waals surface area contributed by atoms with Crippen LogP contribution in [0.4, 0.5) is 11.4 Å². The van der Waals surface area contributed by atoms with Gasteiger partial charge in [-0.25, -0.2) is 4.79 Å². The van der Waals surface area contributed by atoms with Crippen LogP contribution in [0, 0.1) is 26.1 Å². The topological polar surface area (TPSA) is 170 Å². The molecule has 13 nitrogen and oxygen atoms in total. The van der Waals surface area contributed by atoms with Gasteiger partial charge >= 0.3 is 5.97 Å². The van der Waals surface area contributed by atoms with E-state index in [9.17, 15) is 30.1 Å². The van der Waals surface area contributed by atoms with E-state index in [0.717, 1.165) is 24.5 Å². The molecular weight excluding hydrogens is 504 g/mol. The number of nitro benzene ring substituents is 2. The summed E-state index contributed by atoms with van der Waals surface area (Å²) in [6, 6.07) is 7.43. The number of rotatable bonds is 10. The molecule has 0 fully saturated rings. The molecule has 0 bridgehead atoms.